The van der Waals surface area contributed by atoms with Crippen LogP contribution in [0.4, 0.5) is 18.9 Å². The van der Waals surface area contributed by atoms with Crippen LogP contribution in [0.2, 0.25) is 5.02 Å². The average Bonchev–Trinajstić information content (AvgIpc) is 3.44. The number of alkyl halides is 3. The number of carbonyl (C=O) groups is 4. The van der Waals surface area contributed by atoms with E-state index in [1.807, 2.05) is 0 Å². The molecule has 1 spiro atoms. The van der Waals surface area contributed by atoms with Crippen molar-refractivity contribution in [3.8, 4) is 0 Å². The highest BCUT2D eigenvalue weighted by atomic mass is 35.5. The number of Topliss-reactive ketones (excluding diaryl/α,β-unsaturated/α-hetero) is 2. The standard InChI is InChI=1S/C27H15ClF3NO5/c28-18-11-10-14(12-17(18)27(29,30)31)32-24(35)19-20(25(32)36)26(37-21(19)13-6-2-1-3-7-13)22(33)15-8-4-5-9-16(15)23(26)34/h1-12,19-21H/t19-,20+,21-/m0/s1. The molecule has 0 bridgehead atoms. The van der Waals surface area contributed by atoms with Crippen LogP contribution >= 0.6 is 11.6 Å². The van der Waals surface area contributed by atoms with E-state index in [1.54, 1.807) is 42.5 Å². The second-order valence-electron chi connectivity index (χ2n) is 9.07. The lowest BCUT2D eigenvalue weighted by atomic mass is 9.77. The van der Waals surface area contributed by atoms with Crippen LogP contribution in [0.5, 0.6) is 0 Å². The van der Waals surface area contributed by atoms with Gasteiger partial charge in [0.05, 0.1) is 34.2 Å². The highest BCUT2D eigenvalue weighted by Crippen LogP contribution is 2.57. The summed E-state index contributed by atoms with van der Waals surface area (Å²) in [5.74, 6) is -6.25. The molecule has 3 aromatic carbocycles. The minimum absolute atomic E-state index is 0.0597. The number of hydrogen-bond acceptors (Lipinski definition) is 5. The molecule has 0 radical (unpaired) electrons. The van der Waals surface area contributed by atoms with Crippen molar-refractivity contribution in [1.29, 1.82) is 0 Å². The minimum atomic E-state index is -4.84. The monoisotopic (exact) mass is 525 g/mol. The number of anilines is 1. The molecule has 0 N–H and O–H groups in total. The average molecular weight is 526 g/mol. The van der Waals surface area contributed by atoms with Gasteiger partial charge in [-0.2, -0.15) is 13.2 Å². The summed E-state index contributed by atoms with van der Waals surface area (Å²) in [6.45, 7) is 0. The molecule has 37 heavy (non-hydrogen) atoms. The molecule has 3 aliphatic rings. The third-order valence-corrected chi connectivity index (χ3v) is 7.49. The number of ketones is 2. The third-order valence-electron chi connectivity index (χ3n) is 7.16. The van der Waals surface area contributed by atoms with Gasteiger partial charge in [-0.25, -0.2) is 4.90 Å². The van der Waals surface area contributed by atoms with Crippen molar-refractivity contribution < 1.29 is 37.1 Å². The summed E-state index contributed by atoms with van der Waals surface area (Å²) in [4.78, 5) is 55.5. The smallest absolute Gasteiger partial charge is 0.349 e. The number of rotatable bonds is 2. The maximum absolute atomic E-state index is 13.8. The largest absolute Gasteiger partial charge is 0.417 e. The van der Waals surface area contributed by atoms with Crippen LogP contribution in [-0.2, 0) is 20.5 Å². The summed E-state index contributed by atoms with van der Waals surface area (Å²) in [5.41, 5.74) is -3.33. The minimum Gasteiger partial charge on any atom is -0.349 e. The van der Waals surface area contributed by atoms with E-state index in [0.717, 1.165) is 12.1 Å². The fraction of sp³-hybridized carbons (Fsp3) is 0.185. The first-order valence-corrected chi connectivity index (χ1v) is 11.6. The van der Waals surface area contributed by atoms with Gasteiger partial charge in [0.2, 0.25) is 29.0 Å². The molecule has 3 atom stereocenters. The Morgan fingerprint density at radius 3 is 2.00 bits per heavy atom. The number of nitrogens with zero attached hydrogens (tertiary/aromatic N) is 1. The number of carbonyl (C=O) groups excluding carboxylic acids is 4. The molecule has 10 heteroatoms. The van der Waals surface area contributed by atoms with Gasteiger partial charge in [0.25, 0.3) is 0 Å². The molecule has 2 aliphatic heterocycles. The Hall–Kier alpha value is -3.82. The van der Waals surface area contributed by atoms with Gasteiger partial charge in [-0.15, -0.1) is 0 Å². The Kier molecular flexibility index (Phi) is 4.99. The van der Waals surface area contributed by atoms with Crippen LogP contribution in [0.3, 0.4) is 0 Å². The number of benzene rings is 3. The van der Waals surface area contributed by atoms with Gasteiger partial charge >= 0.3 is 6.18 Å². The summed E-state index contributed by atoms with van der Waals surface area (Å²) < 4.78 is 46.7. The van der Waals surface area contributed by atoms with Crippen LogP contribution in [0.25, 0.3) is 0 Å². The Morgan fingerprint density at radius 2 is 1.41 bits per heavy atom. The molecule has 0 unspecified atom stereocenters. The van der Waals surface area contributed by atoms with Gasteiger partial charge in [0.1, 0.15) is 0 Å². The van der Waals surface area contributed by atoms with Crippen molar-refractivity contribution in [3.05, 3.63) is 100 Å². The van der Waals surface area contributed by atoms with E-state index in [0.29, 0.717) is 16.5 Å². The number of imide groups is 1. The zero-order valence-electron chi connectivity index (χ0n) is 18.7. The van der Waals surface area contributed by atoms with E-state index >= 15 is 0 Å². The van der Waals surface area contributed by atoms with Gasteiger partial charge in [-0.1, -0.05) is 66.2 Å². The SMILES string of the molecule is O=C1[C@@H]2[C@H](c3ccccc3)OC3(C(=O)c4ccccc4C3=O)[C@H]2C(=O)N1c1ccc(Cl)c(C(F)(F)F)c1. The maximum atomic E-state index is 13.8. The summed E-state index contributed by atoms with van der Waals surface area (Å²) in [6.07, 6.45) is -6.01. The Bertz CT molecular complexity index is 1480. The van der Waals surface area contributed by atoms with Crippen LogP contribution in [-0.4, -0.2) is 29.0 Å². The fourth-order valence-corrected chi connectivity index (χ4v) is 5.81. The van der Waals surface area contributed by atoms with E-state index in [9.17, 15) is 32.3 Å². The zero-order valence-corrected chi connectivity index (χ0v) is 19.4. The number of fused-ring (bicyclic) bond motifs is 3. The van der Waals surface area contributed by atoms with Gasteiger partial charge < -0.3 is 4.74 Å². The van der Waals surface area contributed by atoms with E-state index in [-0.39, 0.29) is 16.8 Å². The maximum Gasteiger partial charge on any atom is 0.417 e. The Balaban J connectivity index is 1.53. The highest BCUT2D eigenvalue weighted by molar-refractivity contribution is 6.37. The van der Waals surface area contributed by atoms with E-state index in [2.05, 4.69) is 0 Å². The first kappa shape index (κ1) is 23.6. The molecule has 6 rings (SSSR count). The third kappa shape index (κ3) is 3.10. The van der Waals surface area contributed by atoms with Crippen molar-refractivity contribution >= 4 is 40.7 Å². The molecule has 2 heterocycles. The predicted molar refractivity (Wildman–Crippen MR) is 124 cm³/mol. The molecular weight excluding hydrogens is 511 g/mol. The molecule has 6 nitrogen and oxygen atoms in total. The molecule has 2 fully saturated rings. The lowest BCUT2D eigenvalue weighted by Crippen LogP contribution is -2.51. The molecule has 0 saturated carbocycles. The summed E-state index contributed by atoms with van der Waals surface area (Å²) >= 11 is 5.73. The van der Waals surface area contributed by atoms with E-state index < -0.39 is 63.7 Å². The van der Waals surface area contributed by atoms with Crippen molar-refractivity contribution in [2.45, 2.75) is 17.9 Å². The first-order valence-electron chi connectivity index (χ1n) is 11.2. The summed E-state index contributed by atoms with van der Waals surface area (Å²) in [5, 5.41) is -0.603. The van der Waals surface area contributed by atoms with Crippen molar-refractivity contribution in [1.82, 2.24) is 0 Å². The van der Waals surface area contributed by atoms with Gasteiger partial charge in [-0.3, -0.25) is 19.2 Å². The second kappa shape index (κ2) is 7.84. The van der Waals surface area contributed by atoms with Crippen LogP contribution in [0, 0.1) is 11.8 Å². The lowest BCUT2D eigenvalue weighted by molar-refractivity contribution is -0.137. The molecule has 186 valence electrons. The van der Waals surface area contributed by atoms with Crippen molar-refractivity contribution in [2.75, 3.05) is 4.90 Å². The summed E-state index contributed by atoms with van der Waals surface area (Å²) in [6, 6.07) is 17.0. The quantitative estimate of drug-likeness (QED) is 0.345. The molecular formula is C27H15ClF3NO5. The highest BCUT2D eigenvalue weighted by Gasteiger charge is 2.74. The molecule has 3 aromatic rings. The van der Waals surface area contributed by atoms with Crippen molar-refractivity contribution in [3.63, 3.8) is 0 Å². The van der Waals surface area contributed by atoms with Gasteiger partial charge in [0.15, 0.2) is 0 Å². The predicted octanol–water partition coefficient (Wildman–Crippen LogP) is 5.05. The normalized spacial score (nSPS) is 24.2. The second-order valence-corrected chi connectivity index (χ2v) is 9.47. The number of amides is 2. The Labute approximate surface area is 212 Å². The fourth-order valence-electron chi connectivity index (χ4n) is 5.58. The van der Waals surface area contributed by atoms with E-state index in [1.165, 1.54) is 12.1 Å². The van der Waals surface area contributed by atoms with Crippen LogP contribution in [0.15, 0.2) is 72.8 Å². The van der Waals surface area contributed by atoms with Gasteiger partial charge in [-0.05, 0) is 23.8 Å². The van der Waals surface area contributed by atoms with Gasteiger partial charge in [0, 0.05) is 11.1 Å². The van der Waals surface area contributed by atoms with E-state index in [4.69, 9.17) is 16.3 Å². The van der Waals surface area contributed by atoms with Crippen molar-refractivity contribution in [2.24, 2.45) is 11.8 Å². The molecule has 2 amide bonds. The molecule has 2 saturated heterocycles. The topological polar surface area (TPSA) is 80.8 Å². The zero-order chi connectivity index (χ0) is 26.3. The number of ether oxygens (including phenoxy) is 1. The first-order chi connectivity index (χ1) is 17.6. The summed E-state index contributed by atoms with van der Waals surface area (Å²) in [7, 11) is 0. The van der Waals surface area contributed by atoms with Crippen LogP contribution < -0.4 is 4.90 Å². The lowest BCUT2D eigenvalue weighted by Gasteiger charge is -2.27. The Morgan fingerprint density at radius 1 is 0.811 bits per heavy atom. The number of halogens is 4. The van der Waals surface area contributed by atoms with Crippen LogP contribution in [0.1, 0.15) is 37.9 Å². The molecule has 1 aliphatic carbocycles. The molecule has 0 aromatic heterocycles. The number of hydrogen-bond donors (Lipinski definition) is 0.